The van der Waals surface area contributed by atoms with Crippen molar-refractivity contribution in [3.63, 3.8) is 0 Å². The van der Waals surface area contributed by atoms with E-state index in [2.05, 4.69) is 25.1 Å². The zero-order valence-corrected chi connectivity index (χ0v) is 11.8. The van der Waals surface area contributed by atoms with E-state index in [-0.39, 0.29) is 12.1 Å². The number of urea groups is 1. The molecule has 2 rings (SSSR count). The smallest absolute Gasteiger partial charge is 0.318 e. The molecule has 2 aromatic rings. The van der Waals surface area contributed by atoms with Crippen LogP contribution < -0.4 is 5.32 Å². The molecule has 0 fully saturated rings. The van der Waals surface area contributed by atoms with Gasteiger partial charge in [0.2, 0.25) is 6.39 Å². The fourth-order valence-electron chi connectivity index (χ4n) is 1.92. The number of rotatable bonds is 5. The lowest BCUT2D eigenvalue weighted by Gasteiger charge is -2.22. The molecule has 0 aliphatic rings. The Morgan fingerprint density at radius 2 is 2.40 bits per heavy atom. The molecule has 1 atom stereocenters. The van der Waals surface area contributed by atoms with Crippen molar-refractivity contribution in [3.8, 4) is 0 Å². The van der Waals surface area contributed by atoms with Crippen LogP contribution in [0.3, 0.4) is 0 Å². The Hall–Kier alpha value is -2.38. The molecule has 1 N–H and O–H groups in total. The molecule has 2 aromatic heterocycles. The first-order valence-electron chi connectivity index (χ1n) is 6.36. The molecule has 0 spiro atoms. The molecule has 2 amide bonds. The van der Waals surface area contributed by atoms with Crippen LogP contribution in [0.2, 0.25) is 0 Å². The fourth-order valence-corrected chi connectivity index (χ4v) is 1.92. The third-order valence-electron chi connectivity index (χ3n) is 3.05. The molecule has 0 radical (unpaired) electrons. The van der Waals surface area contributed by atoms with Crippen molar-refractivity contribution in [1.82, 2.24) is 30.1 Å². The van der Waals surface area contributed by atoms with Crippen LogP contribution in [-0.4, -0.2) is 37.9 Å². The number of hydrogen-bond acceptors (Lipinski definition) is 5. The summed E-state index contributed by atoms with van der Waals surface area (Å²) < 4.78 is 6.40. The number of amides is 2. The van der Waals surface area contributed by atoms with E-state index in [0.717, 1.165) is 12.1 Å². The molecule has 0 saturated heterocycles. The second kappa shape index (κ2) is 6.18. The summed E-state index contributed by atoms with van der Waals surface area (Å²) in [6, 6.07) is 1.62. The normalized spacial score (nSPS) is 12.2. The summed E-state index contributed by atoms with van der Waals surface area (Å²) in [4.78, 5) is 17.5. The summed E-state index contributed by atoms with van der Waals surface area (Å²) in [6.07, 6.45) is 3.74. The van der Waals surface area contributed by atoms with E-state index in [1.807, 2.05) is 20.0 Å². The zero-order chi connectivity index (χ0) is 14.5. The van der Waals surface area contributed by atoms with E-state index in [1.54, 1.807) is 17.9 Å². The number of carbonyl (C=O) groups is 1. The van der Waals surface area contributed by atoms with Crippen LogP contribution in [0.5, 0.6) is 0 Å². The molecule has 2 heterocycles. The Balaban J connectivity index is 1.97. The van der Waals surface area contributed by atoms with Gasteiger partial charge in [0.25, 0.3) is 0 Å². The minimum absolute atomic E-state index is 0.0808. The summed E-state index contributed by atoms with van der Waals surface area (Å²) in [6.45, 7) is 2.31. The highest BCUT2D eigenvalue weighted by atomic mass is 16.5. The number of nitrogens with zero attached hydrogens (tertiary/aromatic N) is 5. The Morgan fingerprint density at radius 1 is 1.60 bits per heavy atom. The minimum atomic E-state index is -0.192. The highest BCUT2D eigenvalue weighted by molar-refractivity contribution is 5.74. The first kappa shape index (κ1) is 14.0. The average Bonchev–Trinajstić information content (AvgIpc) is 3.07. The summed E-state index contributed by atoms with van der Waals surface area (Å²) in [5.41, 5.74) is 0.966. The van der Waals surface area contributed by atoms with Gasteiger partial charge in [0.15, 0.2) is 5.82 Å². The molecule has 0 aromatic carbocycles. The minimum Gasteiger partial charge on any atom is -0.343 e. The predicted molar refractivity (Wildman–Crippen MR) is 70.5 cm³/mol. The Labute approximate surface area is 116 Å². The van der Waals surface area contributed by atoms with Gasteiger partial charge in [-0.05, 0) is 12.5 Å². The van der Waals surface area contributed by atoms with Crippen molar-refractivity contribution in [2.24, 2.45) is 7.05 Å². The maximum absolute atomic E-state index is 12.1. The van der Waals surface area contributed by atoms with Crippen LogP contribution in [0.4, 0.5) is 4.79 Å². The van der Waals surface area contributed by atoms with Crippen LogP contribution >= 0.6 is 0 Å². The van der Waals surface area contributed by atoms with Gasteiger partial charge in [-0.1, -0.05) is 12.1 Å². The lowest BCUT2D eigenvalue weighted by molar-refractivity contribution is 0.200. The van der Waals surface area contributed by atoms with E-state index in [4.69, 9.17) is 0 Å². The van der Waals surface area contributed by atoms with E-state index in [9.17, 15) is 4.79 Å². The zero-order valence-electron chi connectivity index (χ0n) is 11.8. The summed E-state index contributed by atoms with van der Waals surface area (Å²) >= 11 is 0. The molecule has 0 saturated carbocycles. The van der Waals surface area contributed by atoms with E-state index in [1.165, 1.54) is 11.3 Å². The van der Waals surface area contributed by atoms with Crippen LogP contribution in [-0.2, 0) is 13.6 Å². The van der Waals surface area contributed by atoms with Crippen molar-refractivity contribution in [2.75, 3.05) is 7.05 Å². The second-order valence-corrected chi connectivity index (χ2v) is 4.49. The third kappa shape index (κ3) is 3.14. The number of nitrogens with one attached hydrogen (secondary N) is 1. The molecule has 0 unspecified atom stereocenters. The van der Waals surface area contributed by atoms with Gasteiger partial charge >= 0.3 is 6.03 Å². The Bertz CT molecular complexity index is 550. The third-order valence-corrected chi connectivity index (χ3v) is 3.05. The van der Waals surface area contributed by atoms with Crippen LogP contribution in [0, 0.1) is 0 Å². The number of aryl methyl sites for hydroxylation is 1. The van der Waals surface area contributed by atoms with Crippen LogP contribution in [0.15, 0.2) is 23.2 Å². The SMILES string of the molecule is CC[C@@H](NC(=O)N(C)Cc1ncon1)c1ccnn1C. The lowest BCUT2D eigenvalue weighted by Crippen LogP contribution is -2.39. The van der Waals surface area contributed by atoms with Crippen molar-refractivity contribution in [1.29, 1.82) is 0 Å². The second-order valence-electron chi connectivity index (χ2n) is 4.49. The monoisotopic (exact) mass is 278 g/mol. The molecular formula is C12H18N6O2. The van der Waals surface area contributed by atoms with Gasteiger partial charge in [0, 0.05) is 20.3 Å². The van der Waals surface area contributed by atoms with E-state index < -0.39 is 0 Å². The van der Waals surface area contributed by atoms with Gasteiger partial charge in [-0.3, -0.25) is 4.68 Å². The van der Waals surface area contributed by atoms with Crippen molar-refractivity contribution in [3.05, 3.63) is 30.2 Å². The van der Waals surface area contributed by atoms with Gasteiger partial charge in [-0.2, -0.15) is 10.1 Å². The number of carbonyl (C=O) groups excluding carboxylic acids is 1. The Kier molecular flexibility index (Phi) is 4.34. The summed E-state index contributed by atoms with van der Waals surface area (Å²) in [7, 11) is 3.54. The molecule has 108 valence electrons. The van der Waals surface area contributed by atoms with Gasteiger partial charge in [-0.25, -0.2) is 4.79 Å². The maximum atomic E-state index is 12.1. The first-order chi connectivity index (χ1) is 9.61. The van der Waals surface area contributed by atoms with Gasteiger partial charge in [0.1, 0.15) is 0 Å². The van der Waals surface area contributed by atoms with E-state index in [0.29, 0.717) is 12.4 Å². The lowest BCUT2D eigenvalue weighted by atomic mass is 10.1. The molecule has 8 nitrogen and oxygen atoms in total. The fraction of sp³-hybridized carbons (Fsp3) is 0.500. The van der Waals surface area contributed by atoms with Gasteiger partial charge in [0.05, 0.1) is 18.3 Å². The average molecular weight is 278 g/mol. The predicted octanol–water partition coefficient (Wildman–Crippen LogP) is 1.10. The largest absolute Gasteiger partial charge is 0.343 e. The summed E-state index contributed by atoms with van der Waals surface area (Å²) in [5, 5.41) is 10.8. The molecule has 8 heteroatoms. The molecule has 20 heavy (non-hydrogen) atoms. The highest BCUT2D eigenvalue weighted by Gasteiger charge is 2.18. The topological polar surface area (TPSA) is 89.1 Å². The maximum Gasteiger partial charge on any atom is 0.318 e. The van der Waals surface area contributed by atoms with Crippen molar-refractivity contribution in [2.45, 2.75) is 25.9 Å². The highest BCUT2D eigenvalue weighted by Crippen LogP contribution is 2.15. The number of hydrogen-bond donors (Lipinski definition) is 1. The van der Waals surface area contributed by atoms with Gasteiger partial charge in [-0.15, -0.1) is 0 Å². The molecule has 0 bridgehead atoms. The number of aromatic nitrogens is 4. The molecule has 0 aliphatic carbocycles. The van der Waals surface area contributed by atoms with Crippen LogP contribution in [0.1, 0.15) is 30.9 Å². The first-order valence-corrected chi connectivity index (χ1v) is 6.36. The van der Waals surface area contributed by atoms with Crippen molar-refractivity contribution >= 4 is 6.03 Å². The van der Waals surface area contributed by atoms with E-state index >= 15 is 0 Å². The van der Waals surface area contributed by atoms with Crippen LogP contribution in [0.25, 0.3) is 0 Å². The molecular weight excluding hydrogens is 260 g/mol. The standard InChI is InChI=1S/C12H18N6O2/c1-4-9(10-5-6-14-18(10)3)15-12(19)17(2)7-11-13-8-20-16-11/h5-6,8-9H,4,7H2,1-3H3,(H,15,19)/t9-/m1/s1. The Morgan fingerprint density at radius 3 is 2.95 bits per heavy atom. The molecule has 0 aliphatic heterocycles. The van der Waals surface area contributed by atoms with Crippen molar-refractivity contribution < 1.29 is 9.32 Å². The quantitative estimate of drug-likeness (QED) is 0.884. The van der Waals surface area contributed by atoms with Gasteiger partial charge < -0.3 is 14.7 Å². The summed E-state index contributed by atoms with van der Waals surface area (Å²) in [5.74, 6) is 0.469.